The predicted octanol–water partition coefficient (Wildman–Crippen LogP) is 0.878. The minimum atomic E-state index is -0.175. The maximum absolute atomic E-state index is 11.5. The highest BCUT2D eigenvalue weighted by molar-refractivity contribution is 5.38. The summed E-state index contributed by atoms with van der Waals surface area (Å²) < 4.78 is 0. The van der Waals surface area contributed by atoms with Gasteiger partial charge in [0.05, 0.1) is 6.61 Å². The van der Waals surface area contributed by atoms with Crippen LogP contribution >= 0.6 is 0 Å². The zero-order valence-corrected chi connectivity index (χ0v) is 10.3. The molecule has 0 bridgehead atoms. The Kier molecular flexibility index (Phi) is 4.90. The number of nitrogens with zero attached hydrogens (tertiary/aromatic N) is 2. The number of hydrogen-bond donors (Lipinski definition) is 2. The number of aliphatic hydroxyl groups excluding tert-OH is 1. The second kappa shape index (κ2) is 6.20. The van der Waals surface area contributed by atoms with Gasteiger partial charge in [0.1, 0.15) is 11.6 Å². The molecule has 0 atom stereocenters. The second-order valence-corrected chi connectivity index (χ2v) is 4.10. The Hall–Kier alpha value is -1.62. The molecule has 0 unspecified atom stereocenters. The molecule has 0 saturated heterocycles. The molecule has 0 spiro atoms. The summed E-state index contributed by atoms with van der Waals surface area (Å²) in [7, 11) is 0. The molecule has 1 heterocycles. The topological polar surface area (TPSA) is 69.2 Å². The third-order valence-corrected chi connectivity index (χ3v) is 2.34. The number of aromatic amines is 1. The zero-order chi connectivity index (χ0) is 12.8. The fourth-order valence-corrected chi connectivity index (χ4v) is 1.47. The fourth-order valence-electron chi connectivity index (χ4n) is 1.47. The Morgan fingerprint density at radius 2 is 2.35 bits per heavy atom. The summed E-state index contributed by atoms with van der Waals surface area (Å²) in [6, 6.07) is 1.44. The highest BCUT2D eigenvalue weighted by atomic mass is 16.3. The lowest BCUT2D eigenvalue weighted by molar-refractivity contribution is 0.302. The summed E-state index contributed by atoms with van der Waals surface area (Å²) in [5.41, 5.74) is -0.175. The van der Waals surface area contributed by atoms with Gasteiger partial charge in [0.25, 0.3) is 5.56 Å². The van der Waals surface area contributed by atoms with E-state index in [1.165, 1.54) is 6.07 Å². The van der Waals surface area contributed by atoms with Crippen molar-refractivity contribution in [3.05, 3.63) is 34.9 Å². The van der Waals surface area contributed by atoms with Crippen LogP contribution < -0.4 is 10.5 Å². The molecule has 2 N–H and O–H groups in total. The number of aromatic nitrogens is 2. The van der Waals surface area contributed by atoms with Crippen LogP contribution in [0.4, 0.5) is 5.82 Å². The van der Waals surface area contributed by atoms with Crippen LogP contribution in [0.25, 0.3) is 0 Å². The van der Waals surface area contributed by atoms with Crippen LogP contribution in [0, 0.1) is 0 Å². The average Bonchev–Trinajstić information content (AvgIpc) is 2.28. The van der Waals surface area contributed by atoms with Gasteiger partial charge in [0.2, 0.25) is 0 Å². The molecule has 1 aromatic heterocycles. The normalized spacial score (nSPS) is 10.6. The lowest BCUT2D eigenvalue weighted by atomic mass is 10.2. The molecule has 0 amide bonds. The van der Waals surface area contributed by atoms with Gasteiger partial charge in [-0.3, -0.25) is 4.79 Å². The fraction of sp³-hybridized carbons (Fsp3) is 0.500. The number of H-pyrrole nitrogens is 1. The summed E-state index contributed by atoms with van der Waals surface area (Å²) in [6.45, 7) is 8.57. The van der Waals surface area contributed by atoms with Crippen molar-refractivity contribution in [3.63, 3.8) is 0 Å². The van der Waals surface area contributed by atoms with Crippen LogP contribution in [0.3, 0.4) is 0 Å². The van der Waals surface area contributed by atoms with Crippen LogP contribution in [-0.2, 0) is 0 Å². The highest BCUT2D eigenvalue weighted by Gasteiger charge is 2.10. The number of aliphatic hydroxyl groups is 1. The van der Waals surface area contributed by atoms with Crippen molar-refractivity contribution in [2.75, 3.05) is 24.6 Å². The monoisotopic (exact) mass is 237 g/mol. The Balaban J connectivity index is 3.09. The van der Waals surface area contributed by atoms with E-state index in [0.29, 0.717) is 24.7 Å². The molecule has 0 saturated carbocycles. The Bertz CT molecular complexity index is 426. The van der Waals surface area contributed by atoms with Crippen molar-refractivity contribution in [1.29, 1.82) is 0 Å². The van der Waals surface area contributed by atoms with Gasteiger partial charge >= 0.3 is 0 Å². The van der Waals surface area contributed by atoms with Gasteiger partial charge in [-0.2, -0.15) is 0 Å². The van der Waals surface area contributed by atoms with Gasteiger partial charge in [-0.05, 0) is 0 Å². The van der Waals surface area contributed by atoms with Crippen LogP contribution in [0.2, 0.25) is 0 Å². The lowest BCUT2D eigenvalue weighted by Crippen LogP contribution is -2.29. The van der Waals surface area contributed by atoms with E-state index >= 15 is 0 Å². The van der Waals surface area contributed by atoms with Crippen LogP contribution in [0.5, 0.6) is 0 Å². The van der Waals surface area contributed by atoms with Crippen molar-refractivity contribution < 1.29 is 5.11 Å². The van der Waals surface area contributed by atoms with Gasteiger partial charge < -0.3 is 15.0 Å². The van der Waals surface area contributed by atoms with Gasteiger partial charge in [-0.1, -0.05) is 19.9 Å². The van der Waals surface area contributed by atoms with E-state index < -0.39 is 0 Å². The molecule has 1 aromatic rings. The lowest BCUT2D eigenvalue weighted by Gasteiger charge is -2.21. The second-order valence-electron chi connectivity index (χ2n) is 4.10. The summed E-state index contributed by atoms with van der Waals surface area (Å²) >= 11 is 0. The molecule has 17 heavy (non-hydrogen) atoms. The number of rotatable bonds is 6. The summed E-state index contributed by atoms with van der Waals surface area (Å²) in [5.74, 6) is 1.38. The predicted molar refractivity (Wildman–Crippen MR) is 68.4 cm³/mol. The van der Waals surface area contributed by atoms with E-state index in [9.17, 15) is 4.79 Å². The molecule has 5 heteroatoms. The molecule has 94 valence electrons. The first-order chi connectivity index (χ1) is 8.08. The standard InChI is InChI=1S/C12H19N3O2/c1-4-5-15(6-7-16)10-8-11(17)14-12(13-10)9(2)3/h4,8-9,16H,1,5-7H2,2-3H3,(H,13,14,17). The molecule has 0 fully saturated rings. The van der Waals surface area contributed by atoms with E-state index in [1.54, 1.807) is 6.08 Å². The van der Waals surface area contributed by atoms with Crippen molar-refractivity contribution >= 4 is 5.82 Å². The highest BCUT2D eigenvalue weighted by Crippen LogP contribution is 2.12. The van der Waals surface area contributed by atoms with Crippen LogP contribution in [-0.4, -0.2) is 34.8 Å². The number of anilines is 1. The first-order valence-corrected chi connectivity index (χ1v) is 5.66. The van der Waals surface area contributed by atoms with Crippen molar-refractivity contribution in [3.8, 4) is 0 Å². The van der Waals surface area contributed by atoms with Crippen molar-refractivity contribution in [2.45, 2.75) is 19.8 Å². The van der Waals surface area contributed by atoms with Crippen molar-refractivity contribution in [1.82, 2.24) is 9.97 Å². The van der Waals surface area contributed by atoms with E-state index in [1.807, 2.05) is 18.7 Å². The maximum atomic E-state index is 11.5. The molecule has 0 aromatic carbocycles. The molecular formula is C12H19N3O2. The molecule has 0 aliphatic carbocycles. The molecule has 0 aliphatic rings. The first-order valence-electron chi connectivity index (χ1n) is 5.66. The van der Waals surface area contributed by atoms with E-state index in [-0.39, 0.29) is 18.1 Å². The molecular weight excluding hydrogens is 218 g/mol. The van der Waals surface area contributed by atoms with Crippen molar-refractivity contribution in [2.24, 2.45) is 0 Å². The minimum absolute atomic E-state index is 0.0132. The van der Waals surface area contributed by atoms with E-state index in [2.05, 4.69) is 16.5 Å². The molecule has 1 rings (SSSR count). The van der Waals surface area contributed by atoms with Gasteiger partial charge in [-0.15, -0.1) is 6.58 Å². The van der Waals surface area contributed by atoms with Gasteiger partial charge in [-0.25, -0.2) is 4.98 Å². The van der Waals surface area contributed by atoms with Crippen LogP contribution in [0.15, 0.2) is 23.5 Å². The van der Waals surface area contributed by atoms with Crippen LogP contribution in [0.1, 0.15) is 25.6 Å². The third-order valence-electron chi connectivity index (χ3n) is 2.34. The Labute approximate surface area is 101 Å². The maximum Gasteiger partial charge on any atom is 0.252 e. The number of nitrogens with one attached hydrogen (secondary N) is 1. The first kappa shape index (κ1) is 13.4. The summed E-state index contributed by atoms with van der Waals surface area (Å²) in [5, 5.41) is 8.98. The third kappa shape index (κ3) is 3.71. The Morgan fingerprint density at radius 3 is 2.88 bits per heavy atom. The summed E-state index contributed by atoms with van der Waals surface area (Å²) in [6.07, 6.45) is 1.72. The number of hydrogen-bond acceptors (Lipinski definition) is 4. The quantitative estimate of drug-likeness (QED) is 0.721. The van der Waals surface area contributed by atoms with E-state index in [4.69, 9.17) is 5.11 Å². The zero-order valence-electron chi connectivity index (χ0n) is 10.3. The van der Waals surface area contributed by atoms with E-state index in [0.717, 1.165) is 0 Å². The molecule has 5 nitrogen and oxygen atoms in total. The smallest absolute Gasteiger partial charge is 0.252 e. The largest absolute Gasteiger partial charge is 0.395 e. The molecule has 0 radical (unpaired) electrons. The summed E-state index contributed by atoms with van der Waals surface area (Å²) in [4.78, 5) is 20.4. The minimum Gasteiger partial charge on any atom is -0.395 e. The Morgan fingerprint density at radius 1 is 1.65 bits per heavy atom. The average molecular weight is 237 g/mol. The SMILES string of the molecule is C=CCN(CCO)c1cc(=O)[nH]c(C(C)C)n1. The van der Waals surface area contributed by atoms with Gasteiger partial charge in [0.15, 0.2) is 0 Å². The van der Waals surface area contributed by atoms with Gasteiger partial charge in [0, 0.05) is 25.1 Å². The molecule has 0 aliphatic heterocycles.